The average molecular weight is 378 g/mol. The van der Waals surface area contributed by atoms with Gasteiger partial charge in [0.25, 0.3) is 5.91 Å². The van der Waals surface area contributed by atoms with Crippen molar-refractivity contribution in [2.45, 2.75) is 32.7 Å². The number of anilines is 2. The molecule has 0 aliphatic carbocycles. The number of tetrazole rings is 1. The summed E-state index contributed by atoms with van der Waals surface area (Å²) in [6.45, 7) is 6.34. The SMILES string of the molecule is CC(C)(C)c1ccc(C(=O)Nc2ccccc2NC(=O)Cn2cnnn2)cc1. The van der Waals surface area contributed by atoms with Gasteiger partial charge in [-0.2, -0.15) is 0 Å². The van der Waals surface area contributed by atoms with Gasteiger partial charge in [0, 0.05) is 5.56 Å². The lowest BCUT2D eigenvalue weighted by atomic mass is 9.87. The molecule has 0 saturated heterocycles. The Kier molecular flexibility index (Phi) is 5.49. The van der Waals surface area contributed by atoms with Crippen LogP contribution in [0.25, 0.3) is 0 Å². The number of hydrogen-bond acceptors (Lipinski definition) is 5. The van der Waals surface area contributed by atoms with Crippen molar-refractivity contribution in [3.05, 3.63) is 66.0 Å². The van der Waals surface area contributed by atoms with Crippen LogP contribution in [0.2, 0.25) is 0 Å². The van der Waals surface area contributed by atoms with Crippen molar-refractivity contribution in [1.82, 2.24) is 20.2 Å². The number of hydrogen-bond donors (Lipinski definition) is 2. The van der Waals surface area contributed by atoms with Crippen LogP contribution in [0.3, 0.4) is 0 Å². The second-order valence-electron chi connectivity index (χ2n) is 7.38. The normalized spacial score (nSPS) is 11.1. The minimum absolute atomic E-state index is 0.0193. The van der Waals surface area contributed by atoms with Gasteiger partial charge in [-0.25, -0.2) is 4.68 Å². The fourth-order valence-corrected chi connectivity index (χ4v) is 2.61. The molecule has 0 fully saturated rings. The van der Waals surface area contributed by atoms with Gasteiger partial charge in [-0.15, -0.1) is 5.10 Å². The molecule has 0 unspecified atom stereocenters. The number of nitrogens with zero attached hydrogens (tertiary/aromatic N) is 4. The third-order valence-corrected chi connectivity index (χ3v) is 4.16. The lowest BCUT2D eigenvalue weighted by Gasteiger charge is -2.19. The minimum atomic E-state index is -0.302. The molecular formula is C20H22N6O2. The summed E-state index contributed by atoms with van der Waals surface area (Å²) >= 11 is 0. The summed E-state index contributed by atoms with van der Waals surface area (Å²) in [5.74, 6) is -0.550. The van der Waals surface area contributed by atoms with E-state index in [-0.39, 0.29) is 23.8 Å². The van der Waals surface area contributed by atoms with Gasteiger partial charge < -0.3 is 10.6 Å². The zero-order chi connectivity index (χ0) is 20.1. The molecule has 0 saturated carbocycles. The minimum Gasteiger partial charge on any atom is -0.323 e. The average Bonchev–Trinajstić information content (AvgIpc) is 3.15. The molecule has 0 aliphatic heterocycles. The Morgan fingerprint density at radius 3 is 2.18 bits per heavy atom. The van der Waals surface area contributed by atoms with E-state index in [1.54, 1.807) is 36.4 Å². The second kappa shape index (κ2) is 7.99. The molecule has 3 rings (SSSR count). The smallest absolute Gasteiger partial charge is 0.255 e. The van der Waals surface area contributed by atoms with Crippen molar-refractivity contribution in [3.8, 4) is 0 Å². The van der Waals surface area contributed by atoms with Gasteiger partial charge in [-0.3, -0.25) is 9.59 Å². The standard InChI is InChI=1S/C20H22N6O2/c1-20(2,3)15-10-8-14(9-11-15)19(28)23-17-7-5-4-6-16(17)22-18(27)12-26-13-21-24-25-26/h4-11,13H,12H2,1-3H3,(H,22,27)(H,23,28). The molecule has 0 bridgehead atoms. The molecule has 8 heteroatoms. The van der Waals surface area contributed by atoms with E-state index in [9.17, 15) is 9.59 Å². The first-order valence-electron chi connectivity index (χ1n) is 8.84. The lowest BCUT2D eigenvalue weighted by molar-refractivity contribution is -0.116. The third-order valence-electron chi connectivity index (χ3n) is 4.16. The molecule has 2 N–H and O–H groups in total. The molecule has 2 amide bonds. The van der Waals surface area contributed by atoms with E-state index in [1.807, 2.05) is 12.1 Å². The van der Waals surface area contributed by atoms with Gasteiger partial charge in [0.05, 0.1) is 11.4 Å². The highest BCUT2D eigenvalue weighted by Crippen LogP contribution is 2.24. The maximum absolute atomic E-state index is 12.6. The summed E-state index contributed by atoms with van der Waals surface area (Å²) in [7, 11) is 0. The van der Waals surface area contributed by atoms with E-state index in [0.29, 0.717) is 16.9 Å². The fraction of sp³-hybridized carbons (Fsp3) is 0.250. The van der Waals surface area contributed by atoms with Crippen molar-refractivity contribution in [2.24, 2.45) is 0 Å². The van der Waals surface area contributed by atoms with Crippen molar-refractivity contribution in [1.29, 1.82) is 0 Å². The highest BCUT2D eigenvalue weighted by atomic mass is 16.2. The van der Waals surface area contributed by atoms with Gasteiger partial charge in [0.2, 0.25) is 5.91 Å². The van der Waals surface area contributed by atoms with Gasteiger partial charge in [0.1, 0.15) is 12.9 Å². The largest absolute Gasteiger partial charge is 0.323 e. The number of para-hydroxylation sites is 2. The van der Waals surface area contributed by atoms with Crippen LogP contribution in [0, 0.1) is 0 Å². The molecule has 2 aromatic carbocycles. The van der Waals surface area contributed by atoms with Crippen LogP contribution in [0.1, 0.15) is 36.7 Å². The number of aromatic nitrogens is 4. The maximum Gasteiger partial charge on any atom is 0.255 e. The Bertz CT molecular complexity index is 959. The summed E-state index contributed by atoms with van der Waals surface area (Å²) in [5, 5.41) is 16.2. The molecule has 3 aromatic rings. The summed E-state index contributed by atoms with van der Waals surface area (Å²) in [4.78, 5) is 24.8. The summed E-state index contributed by atoms with van der Waals surface area (Å²) in [6, 6.07) is 14.5. The Morgan fingerprint density at radius 1 is 0.964 bits per heavy atom. The molecule has 1 heterocycles. The predicted octanol–water partition coefficient (Wildman–Crippen LogP) is 2.86. The molecule has 8 nitrogen and oxygen atoms in total. The molecule has 0 aliphatic rings. The fourth-order valence-electron chi connectivity index (χ4n) is 2.61. The van der Waals surface area contributed by atoms with Crippen LogP contribution < -0.4 is 10.6 Å². The van der Waals surface area contributed by atoms with E-state index in [0.717, 1.165) is 5.56 Å². The zero-order valence-electron chi connectivity index (χ0n) is 16.0. The monoisotopic (exact) mass is 378 g/mol. The number of nitrogens with one attached hydrogen (secondary N) is 2. The van der Waals surface area contributed by atoms with Crippen LogP contribution in [-0.2, 0) is 16.8 Å². The molecule has 28 heavy (non-hydrogen) atoms. The highest BCUT2D eigenvalue weighted by molar-refractivity contribution is 6.07. The van der Waals surface area contributed by atoms with Crippen molar-refractivity contribution in [3.63, 3.8) is 0 Å². The summed E-state index contributed by atoms with van der Waals surface area (Å²) in [6.07, 6.45) is 1.36. The van der Waals surface area contributed by atoms with Gasteiger partial charge in [0.15, 0.2) is 0 Å². The number of amides is 2. The number of benzene rings is 2. The van der Waals surface area contributed by atoms with Crippen LogP contribution in [0.15, 0.2) is 54.9 Å². The van der Waals surface area contributed by atoms with Gasteiger partial charge in [-0.1, -0.05) is 45.0 Å². The van der Waals surface area contributed by atoms with Crippen LogP contribution in [0.4, 0.5) is 11.4 Å². The summed E-state index contributed by atoms with van der Waals surface area (Å²) < 4.78 is 1.31. The molecular weight excluding hydrogens is 356 g/mol. The van der Waals surface area contributed by atoms with E-state index < -0.39 is 0 Å². The Balaban J connectivity index is 1.70. The lowest BCUT2D eigenvalue weighted by Crippen LogP contribution is -2.21. The quantitative estimate of drug-likeness (QED) is 0.711. The van der Waals surface area contributed by atoms with Crippen LogP contribution >= 0.6 is 0 Å². The van der Waals surface area contributed by atoms with Crippen LogP contribution in [-0.4, -0.2) is 32.0 Å². The van der Waals surface area contributed by atoms with Crippen molar-refractivity contribution >= 4 is 23.2 Å². The van der Waals surface area contributed by atoms with E-state index >= 15 is 0 Å². The predicted molar refractivity (Wildman–Crippen MR) is 106 cm³/mol. The maximum atomic E-state index is 12.6. The molecule has 0 spiro atoms. The Morgan fingerprint density at radius 2 is 1.61 bits per heavy atom. The first-order chi connectivity index (χ1) is 13.3. The number of carbonyl (C=O) groups is 2. The Hall–Kier alpha value is -3.55. The van der Waals surface area contributed by atoms with Crippen molar-refractivity contribution < 1.29 is 9.59 Å². The summed E-state index contributed by atoms with van der Waals surface area (Å²) in [5.41, 5.74) is 2.73. The molecule has 1 aromatic heterocycles. The van der Waals surface area contributed by atoms with Gasteiger partial charge >= 0.3 is 0 Å². The third kappa shape index (κ3) is 4.79. The van der Waals surface area contributed by atoms with E-state index in [2.05, 4.69) is 46.9 Å². The zero-order valence-corrected chi connectivity index (χ0v) is 16.0. The highest BCUT2D eigenvalue weighted by Gasteiger charge is 2.15. The Labute approximate surface area is 163 Å². The molecule has 144 valence electrons. The number of rotatable bonds is 5. The first-order valence-corrected chi connectivity index (χ1v) is 8.84. The van der Waals surface area contributed by atoms with Crippen molar-refractivity contribution in [2.75, 3.05) is 10.6 Å². The molecule has 0 radical (unpaired) electrons. The second-order valence-corrected chi connectivity index (χ2v) is 7.38. The van der Waals surface area contributed by atoms with E-state index in [4.69, 9.17) is 0 Å². The topological polar surface area (TPSA) is 102 Å². The molecule has 0 atom stereocenters. The first kappa shape index (κ1) is 19.2. The van der Waals surface area contributed by atoms with Gasteiger partial charge in [-0.05, 0) is 45.7 Å². The van der Waals surface area contributed by atoms with E-state index in [1.165, 1.54) is 11.0 Å². The number of carbonyl (C=O) groups excluding carboxylic acids is 2. The van der Waals surface area contributed by atoms with Crippen LogP contribution in [0.5, 0.6) is 0 Å².